The van der Waals surface area contributed by atoms with E-state index >= 15 is 0 Å². The van der Waals surface area contributed by atoms with Gasteiger partial charge in [0.25, 0.3) is 11.8 Å². The second-order valence-corrected chi connectivity index (χ2v) is 6.40. The van der Waals surface area contributed by atoms with E-state index in [4.69, 9.17) is 15.2 Å². The fourth-order valence-electron chi connectivity index (χ4n) is 2.13. The molecule has 2 amide bonds. The average Bonchev–Trinajstić information content (AvgIpc) is 2.82. The van der Waals surface area contributed by atoms with Crippen molar-refractivity contribution in [3.63, 3.8) is 0 Å². The first-order valence-corrected chi connectivity index (χ1v) is 8.18. The molecule has 0 radical (unpaired) electrons. The molecule has 0 atom stereocenters. The molecule has 6 nitrogen and oxygen atoms in total. The molecule has 24 heavy (non-hydrogen) atoms. The van der Waals surface area contributed by atoms with Crippen molar-refractivity contribution in [1.29, 1.82) is 0 Å². The molecule has 0 unspecified atom stereocenters. The van der Waals surface area contributed by atoms with Gasteiger partial charge in [0.05, 0.1) is 12.2 Å². The number of carbonyl (C=O) groups excluding carboxylic acids is 2. The molecule has 0 aliphatic heterocycles. The van der Waals surface area contributed by atoms with E-state index in [-0.39, 0.29) is 5.91 Å². The van der Waals surface area contributed by atoms with Crippen LogP contribution in [0, 0.1) is 13.8 Å². The van der Waals surface area contributed by atoms with Gasteiger partial charge in [-0.3, -0.25) is 9.59 Å². The highest BCUT2D eigenvalue weighted by Gasteiger charge is 2.19. The Labute approximate surface area is 144 Å². The first-order chi connectivity index (χ1) is 11.4. The van der Waals surface area contributed by atoms with E-state index in [0.29, 0.717) is 35.1 Å². The number of hydrogen-bond donors (Lipinski definition) is 2. The third-order valence-electron chi connectivity index (χ3n) is 3.53. The molecule has 3 N–H and O–H groups in total. The van der Waals surface area contributed by atoms with Gasteiger partial charge in [0.2, 0.25) is 0 Å². The van der Waals surface area contributed by atoms with Gasteiger partial charge in [-0.05, 0) is 43.7 Å². The van der Waals surface area contributed by atoms with Gasteiger partial charge in [-0.2, -0.15) is 0 Å². The summed E-state index contributed by atoms with van der Waals surface area (Å²) in [7, 11) is 1.60. The lowest BCUT2D eigenvalue weighted by Gasteiger charge is -2.07. The fourth-order valence-corrected chi connectivity index (χ4v) is 3.19. The molecule has 0 aliphatic carbocycles. The van der Waals surface area contributed by atoms with Gasteiger partial charge in [0.15, 0.2) is 0 Å². The van der Waals surface area contributed by atoms with Crippen molar-refractivity contribution in [2.45, 2.75) is 13.8 Å². The van der Waals surface area contributed by atoms with E-state index < -0.39 is 5.91 Å². The molecule has 128 valence electrons. The summed E-state index contributed by atoms with van der Waals surface area (Å²) < 4.78 is 10.4. The van der Waals surface area contributed by atoms with Crippen LogP contribution in [0.25, 0.3) is 0 Å². The van der Waals surface area contributed by atoms with Crippen LogP contribution in [-0.2, 0) is 4.74 Å². The number of benzene rings is 1. The highest BCUT2D eigenvalue weighted by atomic mass is 32.1. The van der Waals surface area contributed by atoms with E-state index in [1.54, 1.807) is 31.4 Å². The lowest BCUT2D eigenvalue weighted by atomic mass is 10.1. The Hall–Kier alpha value is -2.38. The molecule has 0 bridgehead atoms. The zero-order valence-electron chi connectivity index (χ0n) is 13.8. The number of nitrogens with one attached hydrogen (secondary N) is 1. The Morgan fingerprint density at radius 1 is 1.17 bits per heavy atom. The smallest absolute Gasteiger partial charge is 0.256 e. The minimum Gasteiger partial charge on any atom is -0.491 e. The minimum atomic E-state index is -0.547. The van der Waals surface area contributed by atoms with Crippen LogP contribution in [0.2, 0.25) is 0 Å². The molecule has 0 fully saturated rings. The molecule has 0 saturated carbocycles. The topological polar surface area (TPSA) is 90.7 Å². The van der Waals surface area contributed by atoms with Crippen LogP contribution in [0.4, 0.5) is 5.00 Å². The van der Waals surface area contributed by atoms with Crippen LogP contribution < -0.4 is 15.8 Å². The first-order valence-electron chi connectivity index (χ1n) is 7.37. The summed E-state index contributed by atoms with van der Waals surface area (Å²) in [6.07, 6.45) is 0. The number of amides is 2. The van der Waals surface area contributed by atoms with Crippen LogP contribution >= 0.6 is 11.3 Å². The normalized spacial score (nSPS) is 10.5. The van der Waals surface area contributed by atoms with Crippen LogP contribution in [-0.4, -0.2) is 32.1 Å². The summed E-state index contributed by atoms with van der Waals surface area (Å²) in [5, 5.41) is 3.23. The van der Waals surface area contributed by atoms with Crippen molar-refractivity contribution in [2.24, 2.45) is 5.73 Å². The molecule has 7 heteroatoms. The number of rotatable bonds is 7. The Morgan fingerprint density at radius 3 is 2.42 bits per heavy atom. The van der Waals surface area contributed by atoms with Gasteiger partial charge in [0, 0.05) is 17.6 Å². The number of anilines is 1. The summed E-state index contributed by atoms with van der Waals surface area (Å²) in [6.45, 7) is 4.63. The SMILES string of the molecule is COCCOc1ccc(C(=O)Nc2sc(C)c(C)c2C(N)=O)cc1. The third-order valence-corrected chi connectivity index (χ3v) is 4.65. The molecule has 1 aromatic carbocycles. The quantitative estimate of drug-likeness (QED) is 0.753. The standard InChI is InChI=1S/C17H20N2O4S/c1-10-11(2)24-17(14(10)15(18)20)19-16(21)12-4-6-13(7-5-12)23-9-8-22-3/h4-7H,8-9H2,1-3H3,(H2,18,20)(H,19,21). The molecular formula is C17H20N2O4S. The second kappa shape index (κ2) is 7.94. The maximum Gasteiger partial charge on any atom is 0.256 e. The second-order valence-electron chi connectivity index (χ2n) is 5.17. The maximum atomic E-state index is 12.4. The van der Waals surface area contributed by atoms with Crippen molar-refractivity contribution in [3.8, 4) is 5.75 Å². The summed E-state index contributed by atoms with van der Waals surface area (Å²) in [5.74, 6) is -0.194. The van der Waals surface area contributed by atoms with E-state index in [0.717, 1.165) is 10.4 Å². The predicted molar refractivity (Wildman–Crippen MR) is 94.1 cm³/mol. The van der Waals surface area contributed by atoms with Crippen molar-refractivity contribution in [1.82, 2.24) is 0 Å². The van der Waals surface area contributed by atoms with Gasteiger partial charge in [-0.15, -0.1) is 11.3 Å². The molecule has 0 saturated heterocycles. The molecule has 0 spiro atoms. The summed E-state index contributed by atoms with van der Waals surface area (Å²) in [6, 6.07) is 6.75. The highest BCUT2D eigenvalue weighted by Crippen LogP contribution is 2.32. The third kappa shape index (κ3) is 4.12. The van der Waals surface area contributed by atoms with Gasteiger partial charge in [0.1, 0.15) is 17.4 Å². The molecular weight excluding hydrogens is 328 g/mol. The van der Waals surface area contributed by atoms with Crippen molar-refractivity contribution >= 4 is 28.2 Å². The van der Waals surface area contributed by atoms with E-state index in [1.807, 2.05) is 13.8 Å². The Kier molecular flexibility index (Phi) is 5.94. The Balaban J connectivity index is 2.10. The lowest BCUT2D eigenvalue weighted by molar-refractivity contribution is 0.100. The molecule has 1 heterocycles. The number of thiophene rings is 1. The van der Waals surface area contributed by atoms with Crippen molar-refractivity contribution < 1.29 is 19.1 Å². The number of carbonyl (C=O) groups is 2. The molecule has 2 aromatic rings. The Bertz CT molecular complexity index is 738. The summed E-state index contributed by atoms with van der Waals surface area (Å²) in [4.78, 5) is 24.9. The molecule has 1 aromatic heterocycles. The Morgan fingerprint density at radius 2 is 1.83 bits per heavy atom. The van der Waals surface area contributed by atoms with Gasteiger partial charge < -0.3 is 20.5 Å². The van der Waals surface area contributed by atoms with Crippen molar-refractivity contribution in [3.05, 3.63) is 45.8 Å². The fraction of sp³-hybridized carbons (Fsp3) is 0.294. The van der Waals surface area contributed by atoms with E-state index in [2.05, 4.69) is 5.32 Å². The average molecular weight is 348 g/mol. The number of ether oxygens (including phenoxy) is 2. The zero-order chi connectivity index (χ0) is 17.7. The summed E-state index contributed by atoms with van der Waals surface area (Å²) in [5.41, 5.74) is 7.04. The monoisotopic (exact) mass is 348 g/mol. The maximum absolute atomic E-state index is 12.4. The van der Waals surface area contributed by atoms with Crippen LogP contribution in [0.15, 0.2) is 24.3 Å². The minimum absolute atomic E-state index is 0.304. The molecule has 2 rings (SSSR count). The number of aryl methyl sites for hydroxylation is 1. The van der Waals surface area contributed by atoms with Crippen LogP contribution in [0.3, 0.4) is 0 Å². The van der Waals surface area contributed by atoms with Gasteiger partial charge in [-0.25, -0.2) is 0 Å². The predicted octanol–water partition coefficient (Wildman–Crippen LogP) is 2.74. The number of nitrogens with two attached hydrogens (primary N) is 1. The number of primary amides is 1. The number of methoxy groups -OCH3 is 1. The first kappa shape index (κ1) is 18.0. The lowest BCUT2D eigenvalue weighted by Crippen LogP contribution is -2.17. The van der Waals surface area contributed by atoms with Gasteiger partial charge >= 0.3 is 0 Å². The number of hydrogen-bond acceptors (Lipinski definition) is 5. The zero-order valence-corrected chi connectivity index (χ0v) is 14.7. The van der Waals surface area contributed by atoms with Gasteiger partial charge in [-0.1, -0.05) is 0 Å². The van der Waals surface area contributed by atoms with Crippen molar-refractivity contribution in [2.75, 3.05) is 25.6 Å². The highest BCUT2D eigenvalue weighted by molar-refractivity contribution is 7.16. The van der Waals surface area contributed by atoms with Crippen LogP contribution in [0.1, 0.15) is 31.2 Å². The molecule has 0 aliphatic rings. The van der Waals surface area contributed by atoms with Crippen LogP contribution in [0.5, 0.6) is 5.75 Å². The van der Waals surface area contributed by atoms with E-state index in [9.17, 15) is 9.59 Å². The van der Waals surface area contributed by atoms with E-state index in [1.165, 1.54) is 11.3 Å². The summed E-state index contributed by atoms with van der Waals surface area (Å²) >= 11 is 1.34. The largest absolute Gasteiger partial charge is 0.491 e.